The minimum Gasteiger partial charge on any atom is -0.469 e. The lowest BCUT2D eigenvalue weighted by Gasteiger charge is -2.34. The number of benzene rings is 1. The average Bonchev–Trinajstić information content (AvgIpc) is 2.56. The van der Waals surface area contributed by atoms with E-state index in [9.17, 15) is 14.0 Å². The van der Waals surface area contributed by atoms with Gasteiger partial charge in [-0.25, -0.2) is 4.39 Å². The molecule has 0 aliphatic carbocycles. The predicted octanol–water partition coefficient (Wildman–Crippen LogP) is 2.80. The Hall–Kier alpha value is -1.47. The van der Waals surface area contributed by atoms with E-state index in [4.69, 9.17) is 4.74 Å². The molecule has 1 amide bonds. The first-order chi connectivity index (χ1) is 10.9. The maximum atomic E-state index is 13.8. The minimum absolute atomic E-state index is 0.101. The van der Waals surface area contributed by atoms with Gasteiger partial charge in [0.15, 0.2) is 0 Å². The number of ether oxygens (including phenoxy) is 1. The van der Waals surface area contributed by atoms with Crippen molar-refractivity contribution in [2.75, 3.05) is 25.5 Å². The molecule has 126 valence electrons. The number of carbonyl (C=O) groups is 2. The molecule has 1 aromatic carbocycles. The van der Waals surface area contributed by atoms with Crippen molar-refractivity contribution >= 4 is 33.5 Å². The van der Waals surface area contributed by atoms with Crippen LogP contribution in [0.3, 0.4) is 0 Å². The molecular formula is C16H20BrFN2O3. The zero-order valence-corrected chi connectivity index (χ0v) is 14.7. The Morgan fingerprint density at radius 2 is 2.04 bits per heavy atom. The lowest BCUT2D eigenvalue weighted by Crippen LogP contribution is -2.47. The first-order valence-corrected chi connectivity index (χ1v) is 8.29. The molecule has 5 nitrogen and oxygen atoms in total. The lowest BCUT2D eigenvalue weighted by molar-refractivity contribution is -0.147. The van der Waals surface area contributed by atoms with Gasteiger partial charge in [0.1, 0.15) is 5.82 Å². The highest BCUT2D eigenvalue weighted by Crippen LogP contribution is 2.22. The zero-order chi connectivity index (χ0) is 17.0. The Morgan fingerprint density at radius 1 is 1.39 bits per heavy atom. The van der Waals surface area contributed by atoms with E-state index in [1.807, 2.05) is 4.90 Å². The van der Waals surface area contributed by atoms with Crippen LogP contribution in [0.25, 0.3) is 0 Å². The number of halogens is 2. The SMILES string of the molecule is COC(=O)C1CCN([C@H](C)C(=O)Nc2ccc(Br)cc2F)CC1. The first-order valence-electron chi connectivity index (χ1n) is 7.50. The second kappa shape index (κ2) is 7.88. The molecule has 1 N–H and O–H groups in total. The van der Waals surface area contributed by atoms with Crippen LogP contribution in [0.1, 0.15) is 19.8 Å². The molecule has 1 fully saturated rings. The monoisotopic (exact) mass is 386 g/mol. The van der Waals surface area contributed by atoms with E-state index in [0.29, 0.717) is 30.4 Å². The summed E-state index contributed by atoms with van der Waals surface area (Å²) < 4.78 is 19.2. The van der Waals surface area contributed by atoms with E-state index in [-0.39, 0.29) is 23.5 Å². The summed E-state index contributed by atoms with van der Waals surface area (Å²) in [7, 11) is 1.39. The number of anilines is 1. The van der Waals surface area contributed by atoms with Crippen molar-refractivity contribution in [3.8, 4) is 0 Å². The standard InChI is InChI=1S/C16H20BrFN2O3/c1-10(20-7-5-11(6-8-20)16(22)23-2)15(21)19-14-4-3-12(17)9-13(14)18/h3-4,9-11H,5-8H2,1-2H3,(H,19,21)/t10-/m1/s1. The van der Waals surface area contributed by atoms with E-state index in [1.54, 1.807) is 13.0 Å². The number of methoxy groups -OCH3 is 1. The van der Waals surface area contributed by atoms with Gasteiger partial charge in [-0.2, -0.15) is 0 Å². The summed E-state index contributed by atoms with van der Waals surface area (Å²) >= 11 is 3.18. The molecule has 0 spiro atoms. The van der Waals surface area contributed by atoms with Crippen molar-refractivity contribution in [3.63, 3.8) is 0 Å². The molecule has 0 radical (unpaired) electrons. The van der Waals surface area contributed by atoms with E-state index >= 15 is 0 Å². The van der Waals surface area contributed by atoms with E-state index < -0.39 is 11.9 Å². The highest BCUT2D eigenvalue weighted by Gasteiger charge is 2.30. The summed E-state index contributed by atoms with van der Waals surface area (Å²) in [5, 5.41) is 2.61. The molecule has 1 heterocycles. The van der Waals surface area contributed by atoms with E-state index in [2.05, 4.69) is 21.2 Å². The van der Waals surface area contributed by atoms with Gasteiger partial charge in [0.05, 0.1) is 24.8 Å². The molecule has 0 saturated carbocycles. The molecular weight excluding hydrogens is 367 g/mol. The van der Waals surface area contributed by atoms with Crippen LogP contribution in [-0.4, -0.2) is 43.0 Å². The Kier molecular flexibility index (Phi) is 6.12. The molecule has 0 bridgehead atoms. The summed E-state index contributed by atoms with van der Waals surface area (Å²) in [5.74, 6) is -1.04. The van der Waals surface area contributed by atoms with Gasteiger partial charge in [-0.1, -0.05) is 15.9 Å². The lowest BCUT2D eigenvalue weighted by atomic mass is 9.96. The zero-order valence-electron chi connectivity index (χ0n) is 13.1. The summed E-state index contributed by atoms with van der Waals surface area (Å²) in [6.45, 7) is 3.05. The topological polar surface area (TPSA) is 58.6 Å². The minimum atomic E-state index is -0.482. The summed E-state index contributed by atoms with van der Waals surface area (Å²) in [6.07, 6.45) is 1.33. The van der Waals surface area contributed by atoms with Crippen molar-refractivity contribution in [2.24, 2.45) is 5.92 Å². The molecule has 0 unspecified atom stereocenters. The van der Waals surface area contributed by atoms with Crippen molar-refractivity contribution in [3.05, 3.63) is 28.5 Å². The third kappa shape index (κ3) is 4.51. The normalized spacial score (nSPS) is 17.6. The van der Waals surface area contributed by atoms with Crippen LogP contribution in [-0.2, 0) is 14.3 Å². The van der Waals surface area contributed by atoms with Crippen LogP contribution in [0.4, 0.5) is 10.1 Å². The molecule has 23 heavy (non-hydrogen) atoms. The fourth-order valence-electron chi connectivity index (χ4n) is 2.68. The predicted molar refractivity (Wildman–Crippen MR) is 88.5 cm³/mol. The molecule has 1 aromatic rings. The number of hydrogen-bond acceptors (Lipinski definition) is 4. The van der Waals surface area contributed by atoms with Gasteiger partial charge >= 0.3 is 5.97 Å². The Labute approximate surface area is 143 Å². The maximum Gasteiger partial charge on any atom is 0.308 e. The largest absolute Gasteiger partial charge is 0.469 e. The maximum absolute atomic E-state index is 13.8. The van der Waals surface area contributed by atoms with Gasteiger partial charge in [-0.05, 0) is 51.1 Å². The van der Waals surface area contributed by atoms with Gasteiger partial charge in [-0.15, -0.1) is 0 Å². The number of nitrogens with zero attached hydrogens (tertiary/aromatic N) is 1. The fraction of sp³-hybridized carbons (Fsp3) is 0.500. The van der Waals surface area contributed by atoms with Gasteiger partial charge in [0.25, 0.3) is 0 Å². The summed E-state index contributed by atoms with van der Waals surface area (Å²) in [5.41, 5.74) is 0.162. The average molecular weight is 387 g/mol. The highest BCUT2D eigenvalue weighted by molar-refractivity contribution is 9.10. The molecule has 7 heteroatoms. The fourth-order valence-corrected chi connectivity index (χ4v) is 3.02. The summed E-state index contributed by atoms with van der Waals surface area (Å²) in [6, 6.07) is 4.11. The van der Waals surface area contributed by atoms with Crippen LogP contribution in [0, 0.1) is 11.7 Å². The van der Waals surface area contributed by atoms with Crippen molar-refractivity contribution in [1.29, 1.82) is 0 Å². The number of piperidine rings is 1. The molecule has 1 saturated heterocycles. The molecule has 1 aliphatic heterocycles. The van der Waals surface area contributed by atoms with E-state index in [1.165, 1.54) is 19.2 Å². The number of rotatable bonds is 4. The number of likely N-dealkylation sites (tertiary alicyclic amines) is 1. The van der Waals surface area contributed by atoms with Crippen molar-refractivity contribution < 1.29 is 18.7 Å². The van der Waals surface area contributed by atoms with E-state index in [0.717, 1.165) is 0 Å². The van der Waals surface area contributed by atoms with Crippen LogP contribution in [0.15, 0.2) is 22.7 Å². The smallest absolute Gasteiger partial charge is 0.308 e. The quantitative estimate of drug-likeness (QED) is 0.808. The van der Waals surface area contributed by atoms with Gasteiger partial charge in [0.2, 0.25) is 5.91 Å². The summed E-state index contributed by atoms with van der Waals surface area (Å²) in [4.78, 5) is 25.8. The van der Waals surface area contributed by atoms with Crippen LogP contribution < -0.4 is 5.32 Å². The number of nitrogens with one attached hydrogen (secondary N) is 1. The first kappa shape index (κ1) is 17.9. The van der Waals surface area contributed by atoms with Crippen LogP contribution in [0.2, 0.25) is 0 Å². The molecule has 2 rings (SSSR count). The Balaban J connectivity index is 1.92. The second-order valence-electron chi connectivity index (χ2n) is 5.62. The Morgan fingerprint density at radius 3 is 2.61 bits per heavy atom. The highest BCUT2D eigenvalue weighted by atomic mass is 79.9. The van der Waals surface area contributed by atoms with Gasteiger partial charge in [0, 0.05) is 4.47 Å². The number of amides is 1. The number of hydrogen-bond donors (Lipinski definition) is 1. The third-order valence-corrected chi connectivity index (χ3v) is 4.67. The number of carbonyl (C=O) groups excluding carboxylic acids is 2. The van der Waals surface area contributed by atoms with Crippen LogP contribution >= 0.6 is 15.9 Å². The van der Waals surface area contributed by atoms with Crippen LogP contribution in [0.5, 0.6) is 0 Å². The third-order valence-electron chi connectivity index (χ3n) is 4.18. The van der Waals surface area contributed by atoms with Crippen molar-refractivity contribution in [1.82, 2.24) is 4.90 Å². The van der Waals surface area contributed by atoms with Gasteiger partial charge in [-0.3, -0.25) is 14.5 Å². The van der Waals surface area contributed by atoms with Gasteiger partial charge < -0.3 is 10.1 Å². The molecule has 1 atom stereocenters. The Bertz CT molecular complexity index is 589. The number of esters is 1. The molecule has 1 aliphatic rings. The van der Waals surface area contributed by atoms with Crippen molar-refractivity contribution in [2.45, 2.75) is 25.8 Å². The molecule has 0 aromatic heterocycles. The second-order valence-corrected chi connectivity index (χ2v) is 6.54.